The van der Waals surface area contributed by atoms with Gasteiger partial charge in [-0.05, 0) is 36.6 Å². The molecule has 1 saturated carbocycles. The first kappa shape index (κ1) is 11.3. The maximum atomic E-state index is 11.3. The van der Waals surface area contributed by atoms with Gasteiger partial charge in [0.1, 0.15) is 0 Å². The van der Waals surface area contributed by atoms with E-state index < -0.39 is 4.92 Å². The van der Waals surface area contributed by atoms with Crippen molar-refractivity contribution in [3.8, 4) is 0 Å². The third-order valence-corrected chi connectivity index (χ3v) is 2.45. The normalized spacial score (nSPS) is 14.8. The Morgan fingerprint density at radius 2 is 2.00 bits per heavy atom. The molecule has 17 heavy (non-hydrogen) atoms. The molecule has 2 rings (SSSR count). The molecule has 0 aromatic heterocycles. The van der Waals surface area contributed by atoms with Crippen LogP contribution in [-0.2, 0) is 4.79 Å². The van der Waals surface area contributed by atoms with E-state index in [0.717, 1.165) is 18.4 Å². The van der Waals surface area contributed by atoms with Crippen molar-refractivity contribution in [2.45, 2.75) is 18.9 Å². The quantitative estimate of drug-likeness (QED) is 0.489. The fraction of sp³-hybridized carbons (Fsp3) is 0.250. The average molecular weight is 232 g/mol. The third kappa shape index (κ3) is 3.41. The lowest BCUT2D eigenvalue weighted by Crippen LogP contribution is -2.22. The van der Waals surface area contributed by atoms with E-state index in [2.05, 4.69) is 5.32 Å². The number of rotatable bonds is 4. The van der Waals surface area contributed by atoms with Crippen molar-refractivity contribution in [3.63, 3.8) is 0 Å². The molecule has 0 bridgehead atoms. The van der Waals surface area contributed by atoms with E-state index in [1.54, 1.807) is 18.2 Å². The molecular weight excluding hydrogens is 220 g/mol. The first-order chi connectivity index (χ1) is 8.15. The Morgan fingerprint density at radius 1 is 1.35 bits per heavy atom. The summed E-state index contributed by atoms with van der Waals surface area (Å²) in [6.45, 7) is 0. The average Bonchev–Trinajstić information content (AvgIpc) is 3.11. The number of hydrogen-bond donors (Lipinski definition) is 1. The Morgan fingerprint density at radius 3 is 2.53 bits per heavy atom. The van der Waals surface area contributed by atoms with Crippen LogP contribution >= 0.6 is 0 Å². The topological polar surface area (TPSA) is 72.2 Å². The monoisotopic (exact) mass is 232 g/mol. The zero-order valence-corrected chi connectivity index (χ0v) is 9.13. The van der Waals surface area contributed by atoms with E-state index in [9.17, 15) is 14.9 Å². The number of amides is 1. The van der Waals surface area contributed by atoms with Gasteiger partial charge in [-0.2, -0.15) is 0 Å². The predicted molar refractivity (Wildman–Crippen MR) is 63.3 cm³/mol. The lowest BCUT2D eigenvalue weighted by Gasteiger charge is -1.97. The van der Waals surface area contributed by atoms with Crippen molar-refractivity contribution in [2.24, 2.45) is 0 Å². The maximum Gasteiger partial charge on any atom is 0.269 e. The Balaban J connectivity index is 1.95. The van der Waals surface area contributed by atoms with Crippen LogP contribution in [0.1, 0.15) is 18.4 Å². The van der Waals surface area contributed by atoms with Crippen LogP contribution in [0.2, 0.25) is 0 Å². The van der Waals surface area contributed by atoms with E-state index in [0.29, 0.717) is 6.04 Å². The van der Waals surface area contributed by atoms with Crippen molar-refractivity contribution >= 4 is 17.7 Å². The predicted octanol–water partition coefficient (Wildman–Crippen LogP) is 1.89. The summed E-state index contributed by atoms with van der Waals surface area (Å²) in [7, 11) is 0. The molecular formula is C12H12N2O3. The van der Waals surface area contributed by atoms with E-state index >= 15 is 0 Å². The molecule has 0 saturated heterocycles. The number of benzene rings is 1. The lowest BCUT2D eigenvalue weighted by atomic mass is 10.2. The minimum Gasteiger partial charge on any atom is -0.350 e. The highest BCUT2D eigenvalue weighted by atomic mass is 16.6. The van der Waals surface area contributed by atoms with E-state index in [1.807, 2.05) is 0 Å². The minimum absolute atomic E-state index is 0.0459. The molecule has 5 heteroatoms. The number of nitrogens with one attached hydrogen (secondary N) is 1. The first-order valence-corrected chi connectivity index (χ1v) is 5.38. The number of hydrogen-bond acceptors (Lipinski definition) is 3. The van der Waals surface area contributed by atoms with Gasteiger partial charge in [-0.3, -0.25) is 14.9 Å². The van der Waals surface area contributed by atoms with Crippen LogP contribution in [0, 0.1) is 10.1 Å². The lowest BCUT2D eigenvalue weighted by molar-refractivity contribution is -0.384. The summed E-state index contributed by atoms with van der Waals surface area (Å²) in [4.78, 5) is 21.3. The van der Waals surface area contributed by atoms with Crippen LogP contribution < -0.4 is 5.32 Å². The fourth-order valence-electron chi connectivity index (χ4n) is 1.36. The van der Waals surface area contributed by atoms with Gasteiger partial charge >= 0.3 is 0 Å². The number of carbonyl (C=O) groups is 1. The Hall–Kier alpha value is -2.17. The second-order valence-electron chi connectivity index (χ2n) is 3.96. The SMILES string of the molecule is O=C(C=Cc1ccc([N+](=O)[O-])cc1)NC1CC1. The summed E-state index contributed by atoms with van der Waals surface area (Å²) in [6.07, 6.45) is 5.19. The molecule has 1 aliphatic carbocycles. The van der Waals surface area contributed by atoms with Crippen molar-refractivity contribution in [2.75, 3.05) is 0 Å². The molecule has 1 aromatic rings. The highest BCUT2D eigenvalue weighted by Gasteiger charge is 2.21. The summed E-state index contributed by atoms with van der Waals surface area (Å²) in [6, 6.07) is 6.39. The fourth-order valence-corrected chi connectivity index (χ4v) is 1.36. The van der Waals surface area contributed by atoms with Crippen LogP contribution in [0.25, 0.3) is 6.08 Å². The van der Waals surface area contributed by atoms with Gasteiger partial charge in [-0.1, -0.05) is 0 Å². The van der Waals surface area contributed by atoms with E-state index in [1.165, 1.54) is 18.2 Å². The molecule has 0 spiro atoms. The molecule has 0 heterocycles. The number of carbonyl (C=O) groups excluding carboxylic acids is 1. The van der Waals surface area contributed by atoms with Crippen LogP contribution in [-0.4, -0.2) is 16.9 Å². The standard InChI is InChI=1S/C12H12N2O3/c15-12(13-10-4-5-10)8-3-9-1-6-11(7-2-9)14(16)17/h1-3,6-8,10H,4-5H2,(H,13,15). The molecule has 0 unspecified atom stereocenters. The van der Waals surface area contributed by atoms with Gasteiger partial charge in [-0.15, -0.1) is 0 Å². The second kappa shape index (κ2) is 4.78. The third-order valence-electron chi connectivity index (χ3n) is 2.45. The van der Waals surface area contributed by atoms with Gasteiger partial charge in [0.25, 0.3) is 5.69 Å². The second-order valence-corrected chi connectivity index (χ2v) is 3.96. The van der Waals surface area contributed by atoms with Gasteiger partial charge in [0.05, 0.1) is 4.92 Å². The zero-order valence-electron chi connectivity index (χ0n) is 9.13. The molecule has 1 aliphatic rings. The smallest absolute Gasteiger partial charge is 0.269 e. The highest BCUT2D eigenvalue weighted by molar-refractivity contribution is 5.92. The Kier molecular flexibility index (Phi) is 3.18. The summed E-state index contributed by atoms with van der Waals surface area (Å²) < 4.78 is 0. The Bertz CT molecular complexity index is 461. The largest absolute Gasteiger partial charge is 0.350 e. The molecule has 0 atom stereocenters. The summed E-state index contributed by atoms with van der Waals surface area (Å²) >= 11 is 0. The number of non-ortho nitro benzene ring substituents is 1. The zero-order chi connectivity index (χ0) is 12.3. The van der Waals surface area contributed by atoms with Crippen LogP contribution in [0.15, 0.2) is 30.3 Å². The number of nitro benzene ring substituents is 1. The number of nitro groups is 1. The molecule has 1 fully saturated rings. The van der Waals surface area contributed by atoms with Crippen LogP contribution in [0.5, 0.6) is 0 Å². The number of nitrogens with zero attached hydrogens (tertiary/aromatic N) is 1. The van der Waals surface area contributed by atoms with Crippen LogP contribution in [0.3, 0.4) is 0 Å². The summed E-state index contributed by atoms with van der Waals surface area (Å²) in [5, 5.41) is 13.2. The van der Waals surface area contributed by atoms with Crippen molar-refractivity contribution < 1.29 is 9.72 Å². The molecule has 88 valence electrons. The summed E-state index contributed by atoms with van der Waals surface area (Å²) in [5.41, 5.74) is 0.811. The molecule has 0 radical (unpaired) electrons. The maximum absolute atomic E-state index is 11.3. The highest BCUT2D eigenvalue weighted by Crippen LogP contribution is 2.18. The van der Waals surface area contributed by atoms with Crippen molar-refractivity contribution in [1.82, 2.24) is 5.32 Å². The molecule has 1 aromatic carbocycles. The molecule has 1 amide bonds. The van der Waals surface area contributed by atoms with Crippen molar-refractivity contribution in [1.29, 1.82) is 0 Å². The molecule has 0 aliphatic heterocycles. The van der Waals surface area contributed by atoms with Gasteiger partial charge in [0.2, 0.25) is 5.91 Å². The van der Waals surface area contributed by atoms with E-state index in [-0.39, 0.29) is 11.6 Å². The molecule has 5 nitrogen and oxygen atoms in total. The Labute approximate surface area is 98.3 Å². The molecule has 1 N–H and O–H groups in total. The minimum atomic E-state index is -0.451. The first-order valence-electron chi connectivity index (χ1n) is 5.38. The van der Waals surface area contributed by atoms with Gasteiger partial charge < -0.3 is 5.32 Å². The van der Waals surface area contributed by atoms with Crippen molar-refractivity contribution in [3.05, 3.63) is 46.0 Å². The van der Waals surface area contributed by atoms with Gasteiger partial charge in [0, 0.05) is 24.3 Å². The van der Waals surface area contributed by atoms with E-state index in [4.69, 9.17) is 0 Å². The summed E-state index contributed by atoms with van der Waals surface area (Å²) in [5.74, 6) is -0.120. The van der Waals surface area contributed by atoms with Crippen LogP contribution in [0.4, 0.5) is 5.69 Å². The van der Waals surface area contributed by atoms with Gasteiger partial charge in [-0.25, -0.2) is 0 Å². The van der Waals surface area contributed by atoms with Gasteiger partial charge in [0.15, 0.2) is 0 Å².